The van der Waals surface area contributed by atoms with Crippen LogP contribution in [0, 0.1) is 0 Å². The lowest BCUT2D eigenvalue weighted by Gasteiger charge is -2.20. The molecule has 1 heterocycles. The van der Waals surface area contributed by atoms with Gasteiger partial charge in [0, 0.05) is 30.8 Å². The number of amides is 1. The third kappa shape index (κ3) is 5.02. The molecule has 0 saturated carbocycles. The van der Waals surface area contributed by atoms with Gasteiger partial charge in [-0.1, -0.05) is 15.9 Å². The summed E-state index contributed by atoms with van der Waals surface area (Å²) in [5.74, 6) is -0.512. The van der Waals surface area contributed by atoms with E-state index in [0.29, 0.717) is 15.6 Å². The largest absolute Gasteiger partial charge is 0.493 e. The van der Waals surface area contributed by atoms with Gasteiger partial charge in [-0.15, -0.1) is 5.10 Å². The second-order valence-electron chi connectivity index (χ2n) is 6.48. The molecule has 1 aliphatic heterocycles. The molecule has 31 heavy (non-hydrogen) atoms. The van der Waals surface area contributed by atoms with Crippen molar-refractivity contribution in [1.82, 2.24) is 5.01 Å². The van der Waals surface area contributed by atoms with E-state index in [4.69, 9.17) is 18.9 Å². The van der Waals surface area contributed by atoms with Gasteiger partial charge in [-0.2, -0.15) is 5.01 Å². The van der Waals surface area contributed by atoms with Crippen LogP contribution in [0.15, 0.2) is 46.0 Å². The van der Waals surface area contributed by atoms with Crippen LogP contribution in [0.3, 0.4) is 0 Å². The average molecular weight is 491 g/mol. The number of ether oxygens (including phenoxy) is 4. The fraction of sp³-hybridized carbons (Fsp3) is 0.238. The summed E-state index contributed by atoms with van der Waals surface area (Å²) in [6, 6.07) is 9.73. The zero-order valence-corrected chi connectivity index (χ0v) is 18.8. The molecule has 0 bridgehead atoms. The number of esters is 2. The first-order chi connectivity index (χ1) is 14.7. The van der Waals surface area contributed by atoms with E-state index in [0.717, 1.165) is 5.01 Å². The van der Waals surface area contributed by atoms with Crippen LogP contribution >= 0.6 is 15.9 Å². The molecule has 3 rings (SSSR count). The first-order valence-electron chi connectivity index (χ1n) is 9.09. The van der Waals surface area contributed by atoms with Crippen molar-refractivity contribution in [3.05, 3.63) is 52.0 Å². The molecular formula is C21H19BrN2O7. The minimum Gasteiger partial charge on any atom is -0.493 e. The highest BCUT2D eigenvalue weighted by Gasteiger charge is 2.35. The van der Waals surface area contributed by atoms with Crippen LogP contribution < -0.4 is 14.2 Å². The Hall–Kier alpha value is -3.40. The molecule has 0 saturated heterocycles. The molecule has 0 N–H and O–H groups in total. The van der Waals surface area contributed by atoms with Gasteiger partial charge in [0.2, 0.25) is 18.0 Å². The van der Waals surface area contributed by atoms with Gasteiger partial charge in [-0.05, 0) is 36.4 Å². The Morgan fingerprint density at radius 1 is 0.968 bits per heavy atom. The zero-order valence-electron chi connectivity index (χ0n) is 17.2. The maximum absolute atomic E-state index is 12.2. The highest BCUT2D eigenvalue weighted by Crippen LogP contribution is 2.37. The zero-order chi connectivity index (χ0) is 22.7. The summed E-state index contributed by atoms with van der Waals surface area (Å²) in [6.07, 6.45) is -0.906. The normalized spacial score (nSPS) is 15.1. The summed E-state index contributed by atoms with van der Waals surface area (Å²) in [6.45, 7) is 3.91. The highest BCUT2D eigenvalue weighted by molar-refractivity contribution is 9.10. The number of nitrogens with zero attached hydrogens (tertiary/aromatic N) is 2. The summed E-state index contributed by atoms with van der Waals surface area (Å²) in [5, 5.41) is 5.45. The van der Waals surface area contributed by atoms with E-state index in [2.05, 4.69) is 21.0 Å². The molecule has 1 atom stereocenters. The Morgan fingerprint density at radius 2 is 1.61 bits per heavy atom. The van der Waals surface area contributed by atoms with Gasteiger partial charge >= 0.3 is 11.9 Å². The lowest BCUT2D eigenvalue weighted by atomic mass is 10.1. The van der Waals surface area contributed by atoms with E-state index in [9.17, 15) is 14.4 Å². The number of methoxy groups -OCH3 is 1. The van der Waals surface area contributed by atoms with Gasteiger partial charge in [0.05, 0.1) is 12.7 Å². The Bertz CT molecular complexity index is 1080. The van der Waals surface area contributed by atoms with E-state index in [1.807, 2.05) is 0 Å². The van der Waals surface area contributed by atoms with Crippen molar-refractivity contribution < 1.29 is 33.3 Å². The summed E-state index contributed by atoms with van der Waals surface area (Å²) >= 11 is 3.37. The van der Waals surface area contributed by atoms with Crippen molar-refractivity contribution >= 4 is 39.7 Å². The molecule has 10 heteroatoms. The Labute approximate surface area is 186 Å². The van der Waals surface area contributed by atoms with Gasteiger partial charge in [0.25, 0.3) is 0 Å². The standard InChI is InChI=1S/C21H19BrN2O7/c1-11(25)24-21(14-5-7-18(30-13(3)27)19(9-14)28-4)31-20(23-24)16-10-15(22)6-8-17(16)29-12(2)26/h5-10,21H,1-4H3/t21-/m1/s1. The Balaban J connectivity index is 1.99. The van der Waals surface area contributed by atoms with Crippen molar-refractivity contribution in [2.45, 2.75) is 27.0 Å². The molecule has 9 nitrogen and oxygen atoms in total. The second kappa shape index (κ2) is 9.17. The van der Waals surface area contributed by atoms with Gasteiger partial charge in [-0.3, -0.25) is 14.4 Å². The number of halogens is 1. The molecule has 2 aromatic carbocycles. The monoisotopic (exact) mass is 490 g/mol. The molecule has 2 aromatic rings. The van der Waals surface area contributed by atoms with Crippen molar-refractivity contribution in [1.29, 1.82) is 0 Å². The SMILES string of the molecule is COc1cc([C@H]2OC(c3cc(Br)ccc3OC(C)=O)=NN2C(C)=O)ccc1OC(C)=O. The molecule has 0 fully saturated rings. The molecule has 0 unspecified atom stereocenters. The number of hydrazone groups is 1. The van der Waals surface area contributed by atoms with E-state index in [1.165, 1.54) is 27.9 Å². The Morgan fingerprint density at radius 3 is 2.23 bits per heavy atom. The van der Waals surface area contributed by atoms with Crippen molar-refractivity contribution in [3.8, 4) is 17.2 Å². The number of hydrogen-bond donors (Lipinski definition) is 0. The topological polar surface area (TPSA) is 104 Å². The summed E-state index contributed by atoms with van der Waals surface area (Å²) in [5.41, 5.74) is 0.924. The molecular weight excluding hydrogens is 472 g/mol. The lowest BCUT2D eigenvalue weighted by molar-refractivity contribution is -0.135. The number of carbonyl (C=O) groups excluding carboxylic acids is 3. The van der Waals surface area contributed by atoms with Crippen molar-refractivity contribution in [2.75, 3.05) is 7.11 Å². The van der Waals surface area contributed by atoms with Crippen molar-refractivity contribution in [2.24, 2.45) is 5.10 Å². The maximum Gasteiger partial charge on any atom is 0.308 e. The maximum atomic E-state index is 12.2. The highest BCUT2D eigenvalue weighted by atomic mass is 79.9. The summed E-state index contributed by atoms with van der Waals surface area (Å²) < 4.78 is 22.3. The van der Waals surface area contributed by atoms with Crippen LogP contribution in [0.5, 0.6) is 17.2 Å². The van der Waals surface area contributed by atoms with E-state index in [-0.39, 0.29) is 29.1 Å². The smallest absolute Gasteiger partial charge is 0.308 e. The van der Waals surface area contributed by atoms with E-state index < -0.39 is 18.2 Å². The number of hydrogen-bond acceptors (Lipinski definition) is 8. The van der Waals surface area contributed by atoms with Crippen molar-refractivity contribution in [3.63, 3.8) is 0 Å². The lowest BCUT2D eigenvalue weighted by Crippen LogP contribution is -2.25. The van der Waals surface area contributed by atoms with Crippen LogP contribution in [0.4, 0.5) is 0 Å². The molecule has 0 spiro atoms. The molecule has 162 valence electrons. The third-order valence-electron chi connectivity index (χ3n) is 4.12. The van der Waals surface area contributed by atoms with Gasteiger partial charge in [-0.25, -0.2) is 0 Å². The molecule has 0 radical (unpaired) electrons. The Kier molecular flexibility index (Phi) is 6.59. The fourth-order valence-corrected chi connectivity index (χ4v) is 3.24. The number of benzene rings is 2. The predicted octanol–water partition coefficient (Wildman–Crippen LogP) is 3.55. The first kappa shape index (κ1) is 22.3. The van der Waals surface area contributed by atoms with E-state index >= 15 is 0 Å². The molecule has 0 aliphatic carbocycles. The second-order valence-corrected chi connectivity index (χ2v) is 7.39. The van der Waals surface area contributed by atoms with Crippen LogP contribution in [0.25, 0.3) is 0 Å². The molecule has 0 aromatic heterocycles. The minimum atomic E-state index is -0.906. The van der Waals surface area contributed by atoms with E-state index in [1.54, 1.807) is 36.4 Å². The number of rotatable bonds is 5. The van der Waals surface area contributed by atoms with Crippen LogP contribution in [0.2, 0.25) is 0 Å². The average Bonchev–Trinajstić information content (AvgIpc) is 3.14. The van der Waals surface area contributed by atoms with Gasteiger partial charge in [0.1, 0.15) is 5.75 Å². The van der Waals surface area contributed by atoms with Gasteiger partial charge in [0.15, 0.2) is 11.5 Å². The first-order valence-corrected chi connectivity index (χ1v) is 9.88. The fourth-order valence-electron chi connectivity index (χ4n) is 2.88. The van der Waals surface area contributed by atoms with Crippen LogP contribution in [0.1, 0.15) is 38.1 Å². The van der Waals surface area contributed by atoms with Crippen LogP contribution in [-0.2, 0) is 19.1 Å². The van der Waals surface area contributed by atoms with Gasteiger partial charge < -0.3 is 18.9 Å². The molecule has 1 aliphatic rings. The minimum absolute atomic E-state index is 0.0979. The number of carbonyl (C=O) groups is 3. The summed E-state index contributed by atoms with van der Waals surface area (Å²) in [4.78, 5) is 35.0. The molecule has 1 amide bonds. The third-order valence-corrected chi connectivity index (χ3v) is 4.61. The quantitative estimate of drug-likeness (QED) is 0.466. The van der Waals surface area contributed by atoms with Crippen LogP contribution in [-0.4, -0.2) is 35.9 Å². The predicted molar refractivity (Wildman–Crippen MR) is 113 cm³/mol. The summed E-state index contributed by atoms with van der Waals surface area (Å²) in [7, 11) is 1.43.